The van der Waals surface area contributed by atoms with E-state index in [0.29, 0.717) is 40.8 Å². The lowest BCUT2D eigenvalue weighted by Crippen LogP contribution is -2.03. The third kappa shape index (κ3) is 2.47. The fourth-order valence-electron chi connectivity index (χ4n) is 1.87. The number of nitrogens with zero attached hydrogens (tertiary/aromatic N) is 4. The minimum atomic E-state index is 0.330. The van der Waals surface area contributed by atoms with E-state index in [4.69, 9.17) is 10.00 Å². The van der Waals surface area contributed by atoms with Crippen molar-refractivity contribution in [1.82, 2.24) is 19.9 Å². The molecule has 0 radical (unpaired) electrons. The number of hydrogen-bond acceptors (Lipinski definition) is 6. The highest BCUT2D eigenvalue weighted by Crippen LogP contribution is 2.28. The average molecular weight is 280 g/mol. The minimum Gasteiger partial charge on any atom is -0.435 e. The van der Waals surface area contributed by atoms with Crippen LogP contribution in [0.5, 0.6) is 11.6 Å². The van der Waals surface area contributed by atoms with Crippen LogP contribution in [-0.2, 0) is 0 Å². The first-order valence-corrected chi connectivity index (χ1v) is 6.43. The van der Waals surface area contributed by atoms with Crippen molar-refractivity contribution in [3.8, 4) is 17.7 Å². The Hall–Kier alpha value is -3.14. The molecule has 104 valence electrons. The molecule has 2 N–H and O–H groups in total. The van der Waals surface area contributed by atoms with Crippen LogP contribution in [0.2, 0.25) is 0 Å². The van der Waals surface area contributed by atoms with Crippen LogP contribution in [0.3, 0.4) is 0 Å². The van der Waals surface area contributed by atoms with Gasteiger partial charge in [0.05, 0.1) is 11.9 Å². The second-order valence-electron chi connectivity index (χ2n) is 4.19. The molecule has 0 saturated heterocycles. The van der Waals surface area contributed by atoms with E-state index in [2.05, 4.69) is 31.3 Å². The summed E-state index contributed by atoms with van der Waals surface area (Å²) in [5.41, 5.74) is 1.53. The Labute approximate surface area is 120 Å². The van der Waals surface area contributed by atoms with Crippen LogP contribution in [0, 0.1) is 11.3 Å². The molecule has 2 heterocycles. The number of hydrogen-bond donors (Lipinski definition) is 2. The number of aromatic nitrogens is 4. The van der Waals surface area contributed by atoms with Gasteiger partial charge in [0.2, 0.25) is 5.95 Å². The third-order valence-corrected chi connectivity index (χ3v) is 2.80. The summed E-state index contributed by atoms with van der Waals surface area (Å²) in [5, 5.41) is 12.1. The van der Waals surface area contributed by atoms with Crippen molar-refractivity contribution in [2.75, 3.05) is 11.9 Å². The average Bonchev–Trinajstić information content (AvgIpc) is 2.97. The summed E-state index contributed by atoms with van der Waals surface area (Å²) in [6, 6.07) is 9.07. The Morgan fingerprint density at radius 3 is 3.00 bits per heavy atom. The van der Waals surface area contributed by atoms with Crippen molar-refractivity contribution in [1.29, 1.82) is 5.26 Å². The van der Waals surface area contributed by atoms with Gasteiger partial charge in [-0.3, -0.25) is 0 Å². The number of rotatable bonds is 4. The maximum absolute atomic E-state index is 9.11. The zero-order valence-corrected chi connectivity index (χ0v) is 11.3. The van der Waals surface area contributed by atoms with E-state index in [-0.39, 0.29) is 0 Å². The highest BCUT2D eigenvalue weighted by atomic mass is 16.5. The molecular formula is C14H12N6O. The summed E-state index contributed by atoms with van der Waals surface area (Å²) in [6.45, 7) is 2.63. The lowest BCUT2D eigenvalue weighted by molar-refractivity contribution is 0.466. The van der Waals surface area contributed by atoms with Crippen LogP contribution in [0.25, 0.3) is 11.2 Å². The zero-order chi connectivity index (χ0) is 14.7. The largest absolute Gasteiger partial charge is 0.435 e. The number of para-hydroxylation sites is 1. The summed E-state index contributed by atoms with van der Waals surface area (Å²) >= 11 is 0. The molecule has 1 aromatic carbocycles. The molecule has 0 aliphatic rings. The number of benzene rings is 1. The Morgan fingerprint density at radius 1 is 1.33 bits per heavy atom. The van der Waals surface area contributed by atoms with Gasteiger partial charge < -0.3 is 15.0 Å². The summed E-state index contributed by atoms with van der Waals surface area (Å²) in [7, 11) is 0. The Balaban J connectivity index is 2.07. The Bertz CT molecular complexity index is 820. The maximum Gasteiger partial charge on any atom is 0.250 e. The fourth-order valence-corrected chi connectivity index (χ4v) is 1.87. The summed E-state index contributed by atoms with van der Waals surface area (Å²) in [5.74, 6) is 1.20. The molecule has 7 heteroatoms. The van der Waals surface area contributed by atoms with E-state index in [1.54, 1.807) is 24.3 Å². The minimum absolute atomic E-state index is 0.330. The molecule has 0 saturated carbocycles. The van der Waals surface area contributed by atoms with Gasteiger partial charge >= 0.3 is 0 Å². The molecule has 0 aliphatic heterocycles. The molecule has 2 aromatic heterocycles. The molecule has 21 heavy (non-hydrogen) atoms. The monoisotopic (exact) mass is 280 g/mol. The number of nitrogens with one attached hydrogen (secondary N) is 2. The van der Waals surface area contributed by atoms with E-state index in [9.17, 15) is 0 Å². The molecule has 0 atom stereocenters. The van der Waals surface area contributed by atoms with Crippen LogP contribution >= 0.6 is 0 Å². The number of ether oxygens (including phenoxy) is 1. The van der Waals surface area contributed by atoms with E-state index in [0.717, 1.165) is 0 Å². The van der Waals surface area contributed by atoms with Gasteiger partial charge in [0, 0.05) is 6.54 Å². The molecule has 0 spiro atoms. The molecular weight excluding hydrogens is 268 g/mol. The lowest BCUT2D eigenvalue weighted by Gasteiger charge is -2.08. The van der Waals surface area contributed by atoms with E-state index in [1.807, 2.05) is 6.92 Å². The molecule has 0 unspecified atom stereocenters. The van der Waals surface area contributed by atoms with Gasteiger partial charge in [-0.2, -0.15) is 15.2 Å². The number of H-pyrrole nitrogens is 1. The van der Waals surface area contributed by atoms with E-state index in [1.165, 1.54) is 6.33 Å². The first-order chi connectivity index (χ1) is 10.3. The number of imidazole rings is 1. The summed E-state index contributed by atoms with van der Waals surface area (Å²) in [6.07, 6.45) is 1.53. The van der Waals surface area contributed by atoms with E-state index < -0.39 is 0 Å². The van der Waals surface area contributed by atoms with Gasteiger partial charge in [-0.1, -0.05) is 12.1 Å². The molecule has 0 aliphatic carbocycles. The van der Waals surface area contributed by atoms with Crippen molar-refractivity contribution in [2.45, 2.75) is 6.92 Å². The van der Waals surface area contributed by atoms with Gasteiger partial charge in [0.15, 0.2) is 5.65 Å². The number of nitriles is 1. The first-order valence-electron chi connectivity index (χ1n) is 6.43. The number of fused-ring (bicyclic) bond motifs is 1. The Kier molecular flexibility index (Phi) is 3.35. The van der Waals surface area contributed by atoms with Crippen molar-refractivity contribution in [2.24, 2.45) is 0 Å². The fraction of sp³-hybridized carbons (Fsp3) is 0.143. The third-order valence-electron chi connectivity index (χ3n) is 2.80. The smallest absolute Gasteiger partial charge is 0.250 e. The maximum atomic E-state index is 9.11. The predicted octanol–water partition coefficient (Wildman–Crippen LogP) is 2.45. The summed E-state index contributed by atoms with van der Waals surface area (Å²) < 4.78 is 5.77. The van der Waals surface area contributed by atoms with Gasteiger partial charge in [-0.05, 0) is 19.1 Å². The predicted molar refractivity (Wildman–Crippen MR) is 77.1 cm³/mol. The van der Waals surface area contributed by atoms with Crippen LogP contribution in [0.1, 0.15) is 12.5 Å². The quantitative estimate of drug-likeness (QED) is 0.761. The van der Waals surface area contributed by atoms with Crippen LogP contribution in [0.4, 0.5) is 5.95 Å². The van der Waals surface area contributed by atoms with Gasteiger partial charge in [0.1, 0.15) is 17.3 Å². The second kappa shape index (κ2) is 5.46. The highest BCUT2D eigenvalue weighted by Gasteiger charge is 2.13. The standard InChI is InChI=1S/C14H12N6O/c1-2-16-14-19-12-11(17-8-18-12)13(20-14)21-10-6-4-3-5-9(10)7-15/h3-6,8H,2H2,1H3,(H2,16,17,18,19,20). The van der Waals surface area contributed by atoms with Gasteiger partial charge in [0.25, 0.3) is 5.88 Å². The van der Waals surface area contributed by atoms with Crippen LogP contribution in [-0.4, -0.2) is 26.5 Å². The zero-order valence-electron chi connectivity index (χ0n) is 11.3. The van der Waals surface area contributed by atoms with Crippen LogP contribution in [0.15, 0.2) is 30.6 Å². The summed E-state index contributed by atoms with van der Waals surface area (Å²) in [4.78, 5) is 15.6. The highest BCUT2D eigenvalue weighted by molar-refractivity contribution is 5.77. The molecule has 0 fully saturated rings. The number of aromatic amines is 1. The first kappa shape index (κ1) is 12.9. The molecule has 0 bridgehead atoms. The SMILES string of the molecule is CCNc1nc(Oc2ccccc2C#N)c2[nH]cnc2n1. The molecule has 0 amide bonds. The lowest BCUT2D eigenvalue weighted by atomic mass is 10.2. The van der Waals surface area contributed by atoms with Gasteiger partial charge in [-0.15, -0.1) is 0 Å². The van der Waals surface area contributed by atoms with Crippen molar-refractivity contribution in [3.05, 3.63) is 36.2 Å². The molecule has 3 rings (SSSR count). The Morgan fingerprint density at radius 2 is 2.19 bits per heavy atom. The van der Waals surface area contributed by atoms with E-state index >= 15 is 0 Å². The van der Waals surface area contributed by atoms with Crippen molar-refractivity contribution >= 4 is 17.1 Å². The molecule has 3 aromatic rings. The number of anilines is 1. The van der Waals surface area contributed by atoms with Crippen LogP contribution < -0.4 is 10.1 Å². The van der Waals surface area contributed by atoms with Crippen molar-refractivity contribution < 1.29 is 4.74 Å². The normalized spacial score (nSPS) is 10.3. The van der Waals surface area contributed by atoms with Crippen molar-refractivity contribution in [3.63, 3.8) is 0 Å². The molecule has 7 nitrogen and oxygen atoms in total. The second-order valence-corrected chi connectivity index (χ2v) is 4.19. The topological polar surface area (TPSA) is 99.5 Å². The van der Waals surface area contributed by atoms with Gasteiger partial charge in [-0.25, -0.2) is 4.98 Å².